The molecule has 1 aliphatic rings. The molecule has 2 heterocycles. The number of rotatable bonds is 3. The van der Waals surface area contributed by atoms with Gasteiger partial charge in [-0.1, -0.05) is 0 Å². The number of aryl methyl sites for hydroxylation is 3. The number of aromatic nitrogens is 3. The molecule has 114 valence electrons. The molecule has 3 N–H and O–H groups in total. The van der Waals surface area contributed by atoms with Gasteiger partial charge in [0.1, 0.15) is 5.52 Å². The van der Waals surface area contributed by atoms with Crippen LogP contribution in [0, 0.1) is 0 Å². The summed E-state index contributed by atoms with van der Waals surface area (Å²) < 4.78 is 1.97. The van der Waals surface area contributed by atoms with Gasteiger partial charge in [0, 0.05) is 29.7 Å². The smallest absolute Gasteiger partial charge is 0.152 e. The Balaban J connectivity index is 2.30. The molecule has 0 radical (unpaired) electrons. The molecule has 0 spiro atoms. The van der Waals surface area contributed by atoms with E-state index in [-0.39, 0.29) is 0 Å². The standard InChI is InChI=1S/C16H24N4O/c1-4-20-12(9-16(2,3)21)13-10-7-5-6-8-11(10)18-15(17)14(13)19-20/h21H,4-9H2,1-3H3,(H2,17,18). The van der Waals surface area contributed by atoms with Crippen LogP contribution in [0.4, 0.5) is 5.82 Å². The van der Waals surface area contributed by atoms with E-state index < -0.39 is 5.60 Å². The van der Waals surface area contributed by atoms with E-state index >= 15 is 0 Å². The summed E-state index contributed by atoms with van der Waals surface area (Å²) in [7, 11) is 0. The third-order valence-corrected chi connectivity index (χ3v) is 4.20. The zero-order valence-electron chi connectivity index (χ0n) is 13.1. The minimum Gasteiger partial charge on any atom is -0.390 e. The highest BCUT2D eigenvalue weighted by molar-refractivity contribution is 5.93. The predicted octanol–water partition coefficient (Wildman–Crippen LogP) is 2.23. The molecule has 0 aliphatic heterocycles. The summed E-state index contributed by atoms with van der Waals surface area (Å²) in [5.74, 6) is 0.523. The number of anilines is 1. The SMILES string of the molecule is CCn1nc2c(N)nc3c(c2c1CC(C)(C)O)CCCC3. The van der Waals surface area contributed by atoms with E-state index in [2.05, 4.69) is 17.0 Å². The molecule has 0 atom stereocenters. The molecule has 21 heavy (non-hydrogen) atoms. The lowest BCUT2D eigenvalue weighted by Gasteiger charge is -2.20. The molecule has 3 rings (SSSR count). The maximum atomic E-state index is 10.3. The third kappa shape index (κ3) is 2.50. The second kappa shape index (κ2) is 4.98. The van der Waals surface area contributed by atoms with Gasteiger partial charge in [-0.25, -0.2) is 4.98 Å². The first-order chi connectivity index (χ1) is 9.90. The van der Waals surface area contributed by atoms with E-state index in [1.165, 1.54) is 18.4 Å². The summed E-state index contributed by atoms with van der Waals surface area (Å²) in [4.78, 5) is 4.57. The van der Waals surface area contributed by atoms with Crippen molar-refractivity contribution in [2.24, 2.45) is 0 Å². The number of hydrogen-bond acceptors (Lipinski definition) is 4. The number of pyridine rings is 1. The van der Waals surface area contributed by atoms with Crippen molar-refractivity contribution in [3.63, 3.8) is 0 Å². The molecule has 2 aromatic rings. The van der Waals surface area contributed by atoms with Crippen molar-refractivity contribution >= 4 is 16.7 Å². The number of hydrogen-bond donors (Lipinski definition) is 2. The van der Waals surface area contributed by atoms with Crippen molar-refractivity contribution in [1.29, 1.82) is 0 Å². The lowest BCUT2D eigenvalue weighted by atomic mass is 9.90. The Morgan fingerprint density at radius 2 is 2.00 bits per heavy atom. The summed E-state index contributed by atoms with van der Waals surface area (Å²) >= 11 is 0. The monoisotopic (exact) mass is 288 g/mol. The number of nitrogens with two attached hydrogens (primary N) is 1. The van der Waals surface area contributed by atoms with Crippen LogP contribution in [0.15, 0.2) is 0 Å². The lowest BCUT2D eigenvalue weighted by Crippen LogP contribution is -2.24. The van der Waals surface area contributed by atoms with Crippen LogP contribution in [0.3, 0.4) is 0 Å². The highest BCUT2D eigenvalue weighted by Crippen LogP contribution is 2.34. The topological polar surface area (TPSA) is 77.0 Å². The van der Waals surface area contributed by atoms with Crippen LogP contribution in [-0.2, 0) is 25.8 Å². The molecular weight excluding hydrogens is 264 g/mol. The molecule has 0 fully saturated rings. The third-order valence-electron chi connectivity index (χ3n) is 4.20. The van der Waals surface area contributed by atoms with Crippen LogP contribution in [0.1, 0.15) is 50.6 Å². The van der Waals surface area contributed by atoms with E-state index in [0.29, 0.717) is 12.2 Å². The van der Waals surface area contributed by atoms with Crippen LogP contribution in [-0.4, -0.2) is 25.5 Å². The molecule has 2 aromatic heterocycles. The first-order valence-corrected chi connectivity index (χ1v) is 7.79. The first kappa shape index (κ1) is 14.3. The number of nitrogen functional groups attached to an aromatic ring is 1. The quantitative estimate of drug-likeness (QED) is 0.908. The Hall–Kier alpha value is -1.62. The molecule has 5 nitrogen and oxygen atoms in total. The van der Waals surface area contributed by atoms with E-state index in [1.54, 1.807) is 0 Å². The van der Waals surface area contributed by atoms with E-state index in [1.807, 2.05) is 18.5 Å². The highest BCUT2D eigenvalue weighted by atomic mass is 16.3. The van der Waals surface area contributed by atoms with Crippen LogP contribution in [0.2, 0.25) is 0 Å². The fourth-order valence-corrected chi connectivity index (χ4v) is 3.32. The second-order valence-electron chi connectivity index (χ2n) is 6.60. The van der Waals surface area contributed by atoms with E-state index in [4.69, 9.17) is 5.73 Å². The van der Waals surface area contributed by atoms with Crippen molar-refractivity contribution in [3.8, 4) is 0 Å². The van der Waals surface area contributed by atoms with Crippen molar-refractivity contribution in [2.75, 3.05) is 5.73 Å². The van der Waals surface area contributed by atoms with Gasteiger partial charge in [-0.05, 0) is 52.0 Å². The minimum atomic E-state index is -0.764. The summed E-state index contributed by atoms with van der Waals surface area (Å²) in [6, 6.07) is 0. The van der Waals surface area contributed by atoms with Crippen LogP contribution >= 0.6 is 0 Å². The van der Waals surface area contributed by atoms with Gasteiger partial charge in [0.2, 0.25) is 0 Å². The molecule has 0 aromatic carbocycles. The Morgan fingerprint density at radius 1 is 1.29 bits per heavy atom. The molecule has 0 saturated heterocycles. The summed E-state index contributed by atoms with van der Waals surface area (Å²) in [6.07, 6.45) is 4.97. The molecular formula is C16H24N4O. The molecule has 0 amide bonds. The predicted molar refractivity (Wildman–Crippen MR) is 84.3 cm³/mol. The van der Waals surface area contributed by atoms with Gasteiger partial charge >= 0.3 is 0 Å². The number of fused-ring (bicyclic) bond motifs is 3. The van der Waals surface area contributed by atoms with Gasteiger partial charge < -0.3 is 10.8 Å². The van der Waals surface area contributed by atoms with E-state index in [9.17, 15) is 5.11 Å². The second-order valence-corrected chi connectivity index (χ2v) is 6.60. The van der Waals surface area contributed by atoms with E-state index in [0.717, 1.165) is 41.7 Å². The van der Waals surface area contributed by atoms with Crippen LogP contribution < -0.4 is 5.73 Å². The van der Waals surface area contributed by atoms with Gasteiger partial charge in [0.15, 0.2) is 5.82 Å². The zero-order valence-corrected chi connectivity index (χ0v) is 13.1. The fraction of sp³-hybridized carbons (Fsp3) is 0.625. The molecule has 0 saturated carbocycles. The average Bonchev–Trinajstić information content (AvgIpc) is 2.76. The van der Waals surface area contributed by atoms with Crippen molar-refractivity contribution in [2.45, 2.75) is 65.0 Å². The maximum Gasteiger partial charge on any atom is 0.152 e. The summed E-state index contributed by atoms with van der Waals surface area (Å²) in [5, 5.41) is 16.0. The Labute approximate surface area is 125 Å². The number of aliphatic hydroxyl groups is 1. The summed E-state index contributed by atoms with van der Waals surface area (Å²) in [6.45, 7) is 6.51. The lowest BCUT2D eigenvalue weighted by molar-refractivity contribution is 0.0790. The van der Waals surface area contributed by atoms with Crippen molar-refractivity contribution < 1.29 is 5.11 Å². The van der Waals surface area contributed by atoms with Gasteiger partial charge in [0.05, 0.1) is 5.60 Å². The largest absolute Gasteiger partial charge is 0.390 e. The maximum absolute atomic E-state index is 10.3. The fourth-order valence-electron chi connectivity index (χ4n) is 3.32. The average molecular weight is 288 g/mol. The highest BCUT2D eigenvalue weighted by Gasteiger charge is 2.25. The molecule has 0 bridgehead atoms. The Bertz CT molecular complexity index is 682. The van der Waals surface area contributed by atoms with Gasteiger partial charge in [-0.2, -0.15) is 5.10 Å². The number of nitrogens with zero attached hydrogens (tertiary/aromatic N) is 3. The molecule has 1 aliphatic carbocycles. The van der Waals surface area contributed by atoms with Crippen molar-refractivity contribution in [1.82, 2.24) is 14.8 Å². The normalized spacial score (nSPS) is 15.4. The van der Waals surface area contributed by atoms with Crippen LogP contribution in [0.25, 0.3) is 10.9 Å². The van der Waals surface area contributed by atoms with Crippen LogP contribution in [0.5, 0.6) is 0 Å². The summed E-state index contributed by atoms with van der Waals surface area (Å²) in [5.41, 5.74) is 9.68. The zero-order chi connectivity index (χ0) is 15.2. The van der Waals surface area contributed by atoms with Gasteiger partial charge in [-0.15, -0.1) is 0 Å². The Kier molecular flexibility index (Phi) is 3.40. The minimum absolute atomic E-state index is 0.523. The molecule has 0 unspecified atom stereocenters. The van der Waals surface area contributed by atoms with Gasteiger partial charge in [-0.3, -0.25) is 4.68 Å². The molecule has 5 heteroatoms. The first-order valence-electron chi connectivity index (χ1n) is 7.79. The Morgan fingerprint density at radius 3 is 2.67 bits per heavy atom. The van der Waals surface area contributed by atoms with Crippen molar-refractivity contribution in [3.05, 3.63) is 17.0 Å². The van der Waals surface area contributed by atoms with Gasteiger partial charge in [0.25, 0.3) is 0 Å².